The topological polar surface area (TPSA) is 40.9 Å². The maximum Gasteiger partial charge on any atom is 0.180 e. The molecule has 0 spiro atoms. The molecule has 0 N–H and O–H groups in total. The minimum absolute atomic E-state index is 0.513. The highest BCUT2D eigenvalue weighted by Gasteiger charge is 2.20. The first kappa shape index (κ1) is 10.3. The quantitative estimate of drug-likeness (QED) is 0.513. The summed E-state index contributed by atoms with van der Waals surface area (Å²) in [5, 5.41) is 8.27. The molecule has 0 saturated carbocycles. The lowest BCUT2D eigenvalue weighted by atomic mass is 10.1. The number of rotatable bonds is 1. The Morgan fingerprint density at radius 1 is 1.36 bits per heavy atom. The van der Waals surface area contributed by atoms with Crippen LogP contribution >= 0.6 is 0 Å². The zero-order chi connectivity index (χ0) is 10.9. The SMILES string of the molecule is CC(=O)c1cc(F)c(C#N)c(F)c1F. The van der Waals surface area contributed by atoms with Crippen LogP contribution in [0.4, 0.5) is 13.2 Å². The first-order valence-corrected chi connectivity index (χ1v) is 3.57. The summed E-state index contributed by atoms with van der Waals surface area (Å²) in [6.45, 7) is 0.976. The number of benzene rings is 1. The molecule has 0 aliphatic carbocycles. The zero-order valence-corrected chi connectivity index (χ0v) is 7.07. The van der Waals surface area contributed by atoms with E-state index in [1.165, 1.54) is 6.07 Å². The van der Waals surface area contributed by atoms with Gasteiger partial charge < -0.3 is 0 Å². The first-order chi connectivity index (χ1) is 6.49. The molecule has 0 heterocycles. The Morgan fingerprint density at radius 3 is 2.36 bits per heavy atom. The third-order valence-corrected chi connectivity index (χ3v) is 1.65. The predicted molar refractivity (Wildman–Crippen MR) is 41.0 cm³/mol. The smallest absolute Gasteiger partial charge is 0.180 e. The van der Waals surface area contributed by atoms with Gasteiger partial charge in [0.25, 0.3) is 0 Å². The van der Waals surface area contributed by atoms with Gasteiger partial charge in [0.1, 0.15) is 17.4 Å². The molecular weight excluding hydrogens is 195 g/mol. The van der Waals surface area contributed by atoms with E-state index in [-0.39, 0.29) is 0 Å². The van der Waals surface area contributed by atoms with Crippen LogP contribution in [-0.2, 0) is 0 Å². The molecule has 0 fully saturated rings. The van der Waals surface area contributed by atoms with E-state index in [0.717, 1.165) is 6.92 Å². The second-order valence-electron chi connectivity index (χ2n) is 2.58. The van der Waals surface area contributed by atoms with Crippen molar-refractivity contribution in [3.05, 3.63) is 34.6 Å². The minimum atomic E-state index is -1.63. The maximum absolute atomic E-state index is 13.0. The molecule has 1 aromatic carbocycles. The number of nitrogens with zero attached hydrogens (tertiary/aromatic N) is 1. The van der Waals surface area contributed by atoms with Gasteiger partial charge in [0, 0.05) is 0 Å². The number of hydrogen-bond acceptors (Lipinski definition) is 2. The fourth-order valence-electron chi connectivity index (χ4n) is 0.954. The number of Topliss-reactive ketones (excluding diaryl/α,β-unsaturated/α-hetero) is 1. The Bertz CT molecular complexity index is 448. The normalized spacial score (nSPS) is 9.64. The first-order valence-electron chi connectivity index (χ1n) is 3.57. The highest BCUT2D eigenvalue weighted by atomic mass is 19.2. The van der Waals surface area contributed by atoms with Crippen molar-refractivity contribution < 1.29 is 18.0 Å². The van der Waals surface area contributed by atoms with E-state index in [0.29, 0.717) is 6.07 Å². The molecule has 0 amide bonds. The van der Waals surface area contributed by atoms with Crippen molar-refractivity contribution in [2.75, 3.05) is 0 Å². The number of hydrogen-bond donors (Lipinski definition) is 0. The zero-order valence-electron chi connectivity index (χ0n) is 7.07. The average molecular weight is 199 g/mol. The van der Waals surface area contributed by atoms with Crippen molar-refractivity contribution in [3.8, 4) is 6.07 Å². The van der Waals surface area contributed by atoms with Crippen molar-refractivity contribution >= 4 is 5.78 Å². The van der Waals surface area contributed by atoms with Gasteiger partial charge >= 0.3 is 0 Å². The van der Waals surface area contributed by atoms with E-state index in [1.54, 1.807) is 0 Å². The van der Waals surface area contributed by atoms with Gasteiger partial charge in [-0.2, -0.15) is 5.26 Å². The molecule has 72 valence electrons. The molecule has 0 aliphatic heterocycles. The summed E-state index contributed by atoms with van der Waals surface area (Å²) in [5.41, 5.74) is -1.72. The molecule has 5 heteroatoms. The van der Waals surface area contributed by atoms with Gasteiger partial charge in [-0.25, -0.2) is 13.2 Å². The third-order valence-electron chi connectivity index (χ3n) is 1.65. The van der Waals surface area contributed by atoms with E-state index in [1.807, 2.05) is 0 Å². The highest BCUT2D eigenvalue weighted by Crippen LogP contribution is 2.19. The van der Waals surface area contributed by atoms with Crippen LogP contribution in [0.2, 0.25) is 0 Å². The van der Waals surface area contributed by atoms with Crippen molar-refractivity contribution in [2.45, 2.75) is 6.92 Å². The third kappa shape index (κ3) is 1.46. The lowest BCUT2D eigenvalue weighted by molar-refractivity contribution is 0.101. The van der Waals surface area contributed by atoms with Gasteiger partial charge in [0.2, 0.25) is 0 Å². The molecule has 14 heavy (non-hydrogen) atoms. The molecule has 0 saturated heterocycles. The van der Waals surface area contributed by atoms with Crippen molar-refractivity contribution in [1.29, 1.82) is 5.26 Å². The van der Waals surface area contributed by atoms with E-state index >= 15 is 0 Å². The number of carbonyl (C=O) groups is 1. The van der Waals surface area contributed by atoms with Gasteiger partial charge in [0.15, 0.2) is 17.4 Å². The number of nitriles is 1. The molecule has 0 radical (unpaired) electrons. The van der Waals surface area contributed by atoms with E-state index in [4.69, 9.17) is 5.26 Å². The molecule has 0 unspecified atom stereocenters. The molecule has 0 bridgehead atoms. The summed E-state index contributed by atoms with van der Waals surface area (Å²) < 4.78 is 38.7. The molecule has 0 atom stereocenters. The Balaban J connectivity index is 3.58. The van der Waals surface area contributed by atoms with Crippen molar-refractivity contribution in [2.24, 2.45) is 0 Å². The summed E-state index contributed by atoms with van der Waals surface area (Å²) in [6, 6.07) is 1.68. The van der Waals surface area contributed by atoms with Gasteiger partial charge in [0.05, 0.1) is 5.56 Å². The predicted octanol–water partition coefficient (Wildman–Crippen LogP) is 2.18. The van der Waals surface area contributed by atoms with Crippen LogP contribution in [0.25, 0.3) is 0 Å². The molecular formula is C9H4F3NO. The molecule has 0 aromatic heterocycles. The molecule has 2 nitrogen and oxygen atoms in total. The number of carbonyl (C=O) groups excluding carboxylic acids is 1. The van der Waals surface area contributed by atoms with Gasteiger partial charge in [-0.15, -0.1) is 0 Å². The van der Waals surface area contributed by atoms with Crippen LogP contribution in [-0.4, -0.2) is 5.78 Å². The lowest BCUT2D eigenvalue weighted by Gasteiger charge is -2.02. The van der Waals surface area contributed by atoms with Crippen molar-refractivity contribution in [1.82, 2.24) is 0 Å². The van der Waals surface area contributed by atoms with Gasteiger partial charge in [-0.05, 0) is 13.0 Å². The monoisotopic (exact) mass is 199 g/mol. The summed E-state index contributed by atoms with van der Waals surface area (Å²) >= 11 is 0. The van der Waals surface area contributed by atoms with Crippen LogP contribution in [0, 0.1) is 28.8 Å². The van der Waals surface area contributed by atoms with Gasteiger partial charge in [-0.1, -0.05) is 0 Å². The second kappa shape index (κ2) is 3.50. The Morgan fingerprint density at radius 2 is 1.93 bits per heavy atom. The van der Waals surface area contributed by atoms with Crippen LogP contribution in [0.5, 0.6) is 0 Å². The highest BCUT2D eigenvalue weighted by molar-refractivity contribution is 5.94. The van der Waals surface area contributed by atoms with Crippen LogP contribution in [0.3, 0.4) is 0 Å². The Labute approximate surface area is 77.6 Å². The Hall–Kier alpha value is -1.83. The number of halogens is 3. The molecule has 1 rings (SSSR count). The molecule has 1 aromatic rings. The van der Waals surface area contributed by atoms with Gasteiger partial charge in [-0.3, -0.25) is 4.79 Å². The lowest BCUT2D eigenvalue weighted by Crippen LogP contribution is -2.04. The standard InChI is InChI=1S/C9H4F3NO/c1-4(14)5-2-7(10)6(3-13)9(12)8(5)11/h2H,1H3. The largest absolute Gasteiger partial charge is 0.294 e. The second-order valence-corrected chi connectivity index (χ2v) is 2.58. The van der Waals surface area contributed by atoms with Crippen LogP contribution in [0.1, 0.15) is 22.8 Å². The van der Waals surface area contributed by atoms with Crippen LogP contribution < -0.4 is 0 Å². The summed E-state index contributed by atoms with van der Waals surface area (Å²) in [4.78, 5) is 10.7. The maximum atomic E-state index is 13.0. The molecule has 0 aliphatic rings. The summed E-state index contributed by atoms with van der Waals surface area (Å²) in [5.74, 6) is -5.16. The minimum Gasteiger partial charge on any atom is -0.294 e. The fourth-order valence-corrected chi connectivity index (χ4v) is 0.954. The van der Waals surface area contributed by atoms with E-state index in [9.17, 15) is 18.0 Å². The van der Waals surface area contributed by atoms with E-state index in [2.05, 4.69) is 0 Å². The number of ketones is 1. The Kier molecular flexibility index (Phi) is 2.56. The average Bonchev–Trinajstić information content (AvgIpc) is 2.12. The van der Waals surface area contributed by atoms with Crippen LogP contribution in [0.15, 0.2) is 6.07 Å². The van der Waals surface area contributed by atoms with E-state index < -0.39 is 34.4 Å². The fraction of sp³-hybridized carbons (Fsp3) is 0.111. The summed E-state index contributed by atoms with van der Waals surface area (Å²) in [6.07, 6.45) is 0. The van der Waals surface area contributed by atoms with Crippen molar-refractivity contribution in [3.63, 3.8) is 0 Å². The summed E-state index contributed by atoms with van der Waals surface area (Å²) in [7, 11) is 0.